The lowest BCUT2D eigenvalue weighted by Crippen LogP contribution is -2.34. The maximum Gasteiger partial charge on any atom is 0.253 e. The number of amides is 1. The Hall–Kier alpha value is -1.55. The number of nitrogens with one attached hydrogen (secondary N) is 1. The third-order valence-corrected chi connectivity index (χ3v) is 3.93. The number of benzene rings is 1. The van der Waals surface area contributed by atoms with E-state index >= 15 is 0 Å². The van der Waals surface area contributed by atoms with E-state index in [4.69, 9.17) is 4.74 Å². The van der Waals surface area contributed by atoms with Gasteiger partial charge in [0.15, 0.2) is 0 Å². The molecule has 1 fully saturated rings. The highest BCUT2D eigenvalue weighted by atomic mass is 16.5. The summed E-state index contributed by atoms with van der Waals surface area (Å²) in [5, 5.41) is 3.32. The minimum atomic E-state index is 0.100. The van der Waals surface area contributed by atoms with Crippen LogP contribution < -0.4 is 5.32 Å². The predicted molar refractivity (Wildman–Crippen MR) is 85.7 cm³/mol. The van der Waals surface area contributed by atoms with E-state index in [1.54, 1.807) is 0 Å². The summed E-state index contributed by atoms with van der Waals surface area (Å²) in [4.78, 5) is 14.3. The summed E-state index contributed by atoms with van der Waals surface area (Å²) in [5.41, 5.74) is 1.83. The maximum atomic E-state index is 12.4. The van der Waals surface area contributed by atoms with Crippen LogP contribution in [0.5, 0.6) is 0 Å². The molecule has 2 rings (SSSR count). The number of anilines is 1. The van der Waals surface area contributed by atoms with Crippen molar-refractivity contribution in [1.29, 1.82) is 0 Å². The molecule has 0 aromatic heterocycles. The van der Waals surface area contributed by atoms with Crippen LogP contribution in [0.1, 0.15) is 36.5 Å². The number of ether oxygens (including phenoxy) is 1. The van der Waals surface area contributed by atoms with E-state index in [0.29, 0.717) is 5.92 Å². The Labute approximate surface area is 127 Å². The van der Waals surface area contributed by atoms with Crippen molar-refractivity contribution in [3.05, 3.63) is 29.8 Å². The van der Waals surface area contributed by atoms with E-state index in [-0.39, 0.29) is 5.91 Å². The van der Waals surface area contributed by atoms with Crippen molar-refractivity contribution in [1.82, 2.24) is 4.90 Å². The molecule has 1 aliphatic rings. The van der Waals surface area contributed by atoms with E-state index in [9.17, 15) is 4.79 Å². The molecular formula is C17H26N2O2. The first-order chi connectivity index (χ1) is 10.2. The third-order valence-electron chi connectivity index (χ3n) is 3.93. The van der Waals surface area contributed by atoms with Crippen LogP contribution in [-0.2, 0) is 4.74 Å². The van der Waals surface area contributed by atoms with Crippen molar-refractivity contribution in [3.63, 3.8) is 0 Å². The number of nitrogens with zero attached hydrogens (tertiary/aromatic N) is 1. The molecule has 21 heavy (non-hydrogen) atoms. The molecule has 1 heterocycles. The summed E-state index contributed by atoms with van der Waals surface area (Å²) in [7, 11) is 1.89. The quantitative estimate of drug-likeness (QED) is 0.875. The highest BCUT2D eigenvalue weighted by Gasteiger charge is 2.19. The molecule has 4 heteroatoms. The highest BCUT2D eigenvalue weighted by molar-refractivity contribution is 5.94. The van der Waals surface area contributed by atoms with Gasteiger partial charge < -0.3 is 15.0 Å². The lowest BCUT2D eigenvalue weighted by Gasteiger charge is -2.27. The Morgan fingerprint density at radius 2 is 1.95 bits per heavy atom. The molecule has 1 aliphatic heterocycles. The molecule has 0 unspecified atom stereocenters. The number of rotatable bonds is 6. The first-order valence-corrected chi connectivity index (χ1v) is 7.88. The summed E-state index contributed by atoms with van der Waals surface area (Å²) >= 11 is 0. The molecule has 1 aromatic carbocycles. The van der Waals surface area contributed by atoms with E-state index < -0.39 is 0 Å². The SMILES string of the molecule is CCCNc1ccc(C(=O)N(C)CC2CCOCC2)cc1. The average Bonchev–Trinajstić information content (AvgIpc) is 2.53. The summed E-state index contributed by atoms with van der Waals surface area (Å²) in [6.45, 7) is 5.56. The molecule has 0 atom stereocenters. The van der Waals surface area contributed by atoms with Crippen LogP contribution in [0, 0.1) is 5.92 Å². The molecule has 1 N–H and O–H groups in total. The van der Waals surface area contributed by atoms with Gasteiger partial charge in [-0.3, -0.25) is 4.79 Å². The number of hydrogen-bond donors (Lipinski definition) is 1. The average molecular weight is 290 g/mol. The van der Waals surface area contributed by atoms with Crippen LogP contribution in [-0.4, -0.2) is 44.2 Å². The molecule has 1 saturated heterocycles. The number of carbonyl (C=O) groups is 1. The zero-order chi connectivity index (χ0) is 15.1. The summed E-state index contributed by atoms with van der Waals surface area (Å²) in [5.74, 6) is 0.668. The number of hydrogen-bond acceptors (Lipinski definition) is 3. The highest BCUT2D eigenvalue weighted by Crippen LogP contribution is 2.17. The molecular weight excluding hydrogens is 264 g/mol. The number of carbonyl (C=O) groups excluding carboxylic acids is 1. The van der Waals surface area contributed by atoms with Gasteiger partial charge >= 0.3 is 0 Å². The molecule has 0 spiro atoms. The van der Waals surface area contributed by atoms with Gasteiger partial charge in [-0.1, -0.05) is 6.92 Å². The fourth-order valence-electron chi connectivity index (χ4n) is 2.62. The zero-order valence-corrected chi connectivity index (χ0v) is 13.1. The van der Waals surface area contributed by atoms with Crippen LogP contribution in [0.3, 0.4) is 0 Å². The Bertz CT molecular complexity index is 439. The molecule has 1 aromatic rings. The van der Waals surface area contributed by atoms with E-state index in [2.05, 4.69) is 12.2 Å². The molecule has 0 aliphatic carbocycles. The van der Waals surface area contributed by atoms with Crippen LogP contribution in [0.2, 0.25) is 0 Å². The van der Waals surface area contributed by atoms with Gasteiger partial charge in [-0.15, -0.1) is 0 Å². The third kappa shape index (κ3) is 4.74. The molecule has 4 nitrogen and oxygen atoms in total. The van der Waals surface area contributed by atoms with Gasteiger partial charge in [0.05, 0.1) is 0 Å². The van der Waals surface area contributed by atoms with Crippen molar-refractivity contribution in [2.75, 3.05) is 38.7 Å². The smallest absolute Gasteiger partial charge is 0.253 e. The normalized spacial score (nSPS) is 15.7. The fourth-order valence-corrected chi connectivity index (χ4v) is 2.62. The second-order valence-corrected chi connectivity index (χ2v) is 5.75. The van der Waals surface area contributed by atoms with Crippen LogP contribution in [0.15, 0.2) is 24.3 Å². The lowest BCUT2D eigenvalue weighted by molar-refractivity contribution is 0.0497. The van der Waals surface area contributed by atoms with Gasteiger partial charge in [0.1, 0.15) is 0 Å². The van der Waals surface area contributed by atoms with Gasteiger partial charge in [0.2, 0.25) is 0 Å². The van der Waals surface area contributed by atoms with Crippen LogP contribution >= 0.6 is 0 Å². The first-order valence-electron chi connectivity index (χ1n) is 7.88. The monoisotopic (exact) mass is 290 g/mol. The molecule has 116 valence electrons. The van der Waals surface area contributed by atoms with Crippen molar-refractivity contribution < 1.29 is 9.53 Å². The summed E-state index contributed by atoms with van der Waals surface area (Å²) < 4.78 is 5.36. The van der Waals surface area contributed by atoms with Crippen molar-refractivity contribution in [2.24, 2.45) is 5.92 Å². The van der Waals surface area contributed by atoms with Gasteiger partial charge in [-0.25, -0.2) is 0 Å². The van der Waals surface area contributed by atoms with Crippen molar-refractivity contribution in [2.45, 2.75) is 26.2 Å². The Morgan fingerprint density at radius 1 is 1.29 bits per heavy atom. The molecule has 1 amide bonds. The lowest BCUT2D eigenvalue weighted by atomic mass is 9.99. The van der Waals surface area contributed by atoms with Gasteiger partial charge in [-0.2, -0.15) is 0 Å². The predicted octanol–water partition coefficient (Wildman–Crippen LogP) is 3.01. The molecule has 0 saturated carbocycles. The first kappa shape index (κ1) is 15.8. The van der Waals surface area contributed by atoms with E-state index in [1.807, 2.05) is 36.2 Å². The van der Waals surface area contributed by atoms with Crippen molar-refractivity contribution in [3.8, 4) is 0 Å². The Morgan fingerprint density at radius 3 is 2.57 bits per heavy atom. The van der Waals surface area contributed by atoms with Gasteiger partial charge in [0.25, 0.3) is 5.91 Å². The topological polar surface area (TPSA) is 41.6 Å². The second-order valence-electron chi connectivity index (χ2n) is 5.75. The van der Waals surface area contributed by atoms with E-state index in [0.717, 1.165) is 56.8 Å². The standard InChI is InChI=1S/C17H26N2O2/c1-3-10-18-16-6-4-15(5-7-16)17(20)19(2)13-14-8-11-21-12-9-14/h4-7,14,18H,3,8-13H2,1-2H3. The molecule has 0 bridgehead atoms. The summed E-state index contributed by atoms with van der Waals surface area (Å²) in [6.07, 6.45) is 3.20. The van der Waals surface area contributed by atoms with Crippen LogP contribution in [0.25, 0.3) is 0 Å². The van der Waals surface area contributed by atoms with Crippen molar-refractivity contribution >= 4 is 11.6 Å². The largest absolute Gasteiger partial charge is 0.385 e. The molecule has 0 radical (unpaired) electrons. The maximum absolute atomic E-state index is 12.4. The van der Waals surface area contributed by atoms with E-state index in [1.165, 1.54) is 0 Å². The second kappa shape index (κ2) is 8.03. The minimum Gasteiger partial charge on any atom is -0.385 e. The zero-order valence-electron chi connectivity index (χ0n) is 13.1. The minimum absolute atomic E-state index is 0.100. The van der Waals surface area contributed by atoms with Gasteiger partial charge in [0, 0.05) is 44.6 Å². The summed E-state index contributed by atoms with van der Waals surface area (Å²) in [6, 6.07) is 7.76. The Balaban J connectivity index is 1.88. The van der Waals surface area contributed by atoms with Gasteiger partial charge in [-0.05, 0) is 49.4 Å². The fraction of sp³-hybridized carbons (Fsp3) is 0.588. The van der Waals surface area contributed by atoms with Crippen LogP contribution in [0.4, 0.5) is 5.69 Å². The Kier molecular flexibility index (Phi) is 6.05.